The molecule has 1 heterocycles. The Morgan fingerprint density at radius 1 is 1.43 bits per heavy atom. The van der Waals surface area contributed by atoms with Crippen LogP contribution in [0.15, 0.2) is 18.2 Å². The lowest BCUT2D eigenvalue weighted by molar-refractivity contribution is -0.145. The Hall–Kier alpha value is -1.95. The lowest BCUT2D eigenvalue weighted by atomic mass is 9.91. The highest BCUT2D eigenvalue weighted by molar-refractivity contribution is 5.78. The molecule has 0 saturated carbocycles. The van der Waals surface area contributed by atoms with Crippen LogP contribution < -0.4 is 19.5 Å². The number of carboxylic acid groups (broad SMARTS) is 1. The van der Waals surface area contributed by atoms with E-state index in [0.29, 0.717) is 43.1 Å². The van der Waals surface area contributed by atoms with Crippen LogP contribution in [0.3, 0.4) is 0 Å². The number of carbonyl (C=O) groups is 1. The molecule has 2 rings (SSSR count). The smallest absolute Gasteiger partial charge is 0.323 e. The summed E-state index contributed by atoms with van der Waals surface area (Å²) < 4.78 is 16.1. The average molecular weight is 295 g/mol. The molecule has 1 unspecified atom stereocenters. The third-order valence-corrected chi connectivity index (χ3v) is 3.85. The second-order valence-corrected chi connectivity index (χ2v) is 4.96. The van der Waals surface area contributed by atoms with Crippen LogP contribution in [0.5, 0.6) is 17.2 Å². The quantitative estimate of drug-likeness (QED) is 0.715. The second kappa shape index (κ2) is 6.67. The standard InChI is InChI=1S/C15H21NO5/c1-3-15(16-2,14(17)18)7-4-8-19-11-5-6-12-13(9-11)21-10-20-12/h5-6,9,16H,3-4,7-8,10H2,1-2H3,(H,17,18). The van der Waals surface area contributed by atoms with Gasteiger partial charge in [-0.1, -0.05) is 6.92 Å². The van der Waals surface area contributed by atoms with E-state index in [1.54, 1.807) is 19.2 Å². The zero-order valence-electron chi connectivity index (χ0n) is 12.3. The molecule has 6 nitrogen and oxygen atoms in total. The van der Waals surface area contributed by atoms with E-state index >= 15 is 0 Å². The summed E-state index contributed by atoms with van der Waals surface area (Å²) in [6, 6.07) is 5.40. The fourth-order valence-electron chi connectivity index (χ4n) is 2.37. The Morgan fingerprint density at radius 3 is 2.86 bits per heavy atom. The van der Waals surface area contributed by atoms with Gasteiger partial charge >= 0.3 is 5.97 Å². The molecule has 1 aliphatic rings. The van der Waals surface area contributed by atoms with Gasteiger partial charge in [-0.05, 0) is 38.4 Å². The third-order valence-electron chi connectivity index (χ3n) is 3.85. The van der Waals surface area contributed by atoms with Crippen LogP contribution in [0, 0.1) is 0 Å². The summed E-state index contributed by atoms with van der Waals surface area (Å²) in [6.45, 7) is 2.55. The first kappa shape index (κ1) is 15.4. The molecule has 21 heavy (non-hydrogen) atoms. The molecule has 0 radical (unpaired) electrons. The third kappa shape index (κ3) is 3.39. The molecule has 0 aromatic heterocycles. The van der Waals surface area contributed by atoms with E-state index in [-0.39, 0.29) is 6.79 Å². The summed E-state index contributed by atoms with van der Waals surface area (Å²) in [7, 11) is 1.68. The van der Waals surface area contributed by atoms with E-state index in [9.17, 15) is 9.90 Å². The molecule has 2 N–H and O–H groups in total. The van der Waals surface area contributed by atoms with Gasteiger partial charge in [0.2, 0.25) is 6.79 Å². The van der Waals surface area contributed by atoms with Crippen LogP contribution >= 0.6 is 0 Å². The highest BCUT2D eigenvalue weighted by Crippen LogP contribution is 2.35. The van der Waals surface area contributed by atoms with Crippen molar-refractivity contribution in [1.29, 1.82) is 0 Å². The van der Waals surface area contributed by atoms with Gasteiger partial charge in [-0.15, -0.1) is 0 Å². The summed E-state index contributed by atoms with van der Waals surface area (Å²) in [5.74, 6) is 1.27. The van der Waals surface area contributed by atoms with Crippen LogP contribution in [-0.4, -0.2) is 37.1 Å². The van der Waals surface area contributed by atoms with Crippen molar-refractivity contribution in [2.45, 2.75) is 31.7 Å². The van der Waals surface area contributed by atoms with Gasteiger partial charge in [0.15, 0.2) is 11.5 Å². The molecule has 1 aliphatic heterocycles. The van der Waals surface area contributed by atoms with E-state index in [1.807, 2.05) is 13.0 Å². The van der Waals surface area contributed by atoms with Crippen LogP contribution in [0.1, 0.15) is 26.2 Å². The molecule has 116 valence electrons. The summed E-state index contributed by atoms with van der Waals surface area (Å²) in [5.41, 5.74) is -0.877. The molecule has 1 aromatic rings. The fourth-order valence-corrected chi connectivity index (χ4v) is 2.37. The second-order valence-electron chi connectivity index (χ2n) is 4.96. The van der Waals surface area contributed by atoms with Crippen molar-refractivity contribution in [1.82, 2.24) is 5.32 Å². The monoisotopic (exact) mass is 295 g/mol. The number of benzene rings is 1. The van der Waals surface area contributed by atoms with Crippen molar-refractivity contribution in [3.05, 3.63) is 18.2 Å². The highest BCUT2D eigenvalue weighted by atomic mass is 16.7. The zero-order chi connectivity index (χ0) is 15.3. The number of carboxylic acids is 1. The zero-order valence-corrected chi connectivity index (χ0v) is 12.3. The maximum absolute atomic E-state index is 11.3. The molecule has 1 aromatic carbocycles. The predicted molar refractivity (Wildman–Crippen MR) is 77.0 cm³/mol. The van der Waals surface area contributed by atoms with Crippen molar-refractivity contribution in [3.63, 3.8) is 0 Å². The van der Waals surface area contributed by atoms with E-state index in [2.05, 4.69) is 5.32 Å². The SMILES string of the molecule is CCC(CCCOc1ccc2c(c1)OCO2)(NC)C(=O)O. The van der Waals surface area contributed by atoms with Crippen molar-refractivity contribution in [3.8, 4) is 17.2 Å². The Balaban J connectivity index is 1.83. The van der Waals surface area contributed by atoms with Crippen molar-refractivity contribution < 1.29 is 24.1 Å². The van der Waals surface area contributed by atoms with Crippen molar-refractivity contribution >= 4 is 5.97 Å². The first-order chi connectivity index (χ1) is 10.1. The molecule has 0 fully saturated rings. The molecule has 0 amide bonds. The van der Waals surface area contributed by atoms with Crippen molar-refractivity contribution in [2.75, 3.05) is 20.4 Å². The summed E-state index contributed by atoms with van der Waals surface area (Å²) >= 11 is 0. The summed E-state index contributed by atoms with van der Waals surface area (Å²) in [4.78, 5) is 11.3. The molecule has 0 aliphatic carbocycles. The van der Waals surface area contributed by atoms with Gasteiger partial charge in [0.1, 0.15) is 11.3 Å². The van der Waals surface area contributed by atoms with Crippen LogP contribution in [0.2, 0.25) is 0 Å². The van der Waals surface area contributed by atoms with E-state index in [1.165, 1.54) is 0 Å². The minimum atomic E-state index is -0.877. The van der Waals surface area contributed by atoms with Gasteiger partial charge in [-0.3, -0.25) is 4.79 Å². The maximum atomic E-state index is 11.3. The van der Waals surface area contributed by atoms with Gasteiger partial charge < -0.3 is 24.6 Å². The van der Waals surface area contributed by atoms with E-state index < -0.39 is 11.5 Å². The molecule has 6 heteroatoms. The maximum Gasteiger partial charge on any atom is 0.323 e. The minimum Gasteiger partial charge on any atom is -0.493 e. The number of rotatable bonds is 8. The van der Waals surface area contributed by atoms with Gasteiger partial charge in [0, 0.05) is 6.07 Å². The van der Waals surface area contributed by atoms with Gasteiger partial charge in [0.05, 0.1) is 6.61 Å². The van der Waals surface area contributed by atoms with Crippen LogP contribution in [0.4, 0.5) is 0 Å². The predicted octanol–water partition coefficient (Wildman–Crippen LogP) is 2.03. The number of ether oxygens (including phenoxy) is 3. The van der Waals surface area contributed by atoms with E-state index in [0.717, 1.165) is 0 Å². The van der Waals surface area contributed by atoms with E-state index in [4.69, 9.17) is 14.2 Å². The van der Waals surface area contributed by atoms with Gasteiger partial charge in [-0.25, -0.2) is 0 Å². The highest BCUT2D eigenvalue weighted by Gasteiger charge is 2.34. The molecule has 0 saturated heterocycles. The minimum absolute atomic E-state index is 0.235. The number of hydrogen-bond donors (Lipinski definition) is 2. The first-order valence-corrected chi connectivity index (χ1v) is 7.06. The topological polar surface area (TPSA) is 77.0 Å². The normalized spacial score (nSPS) is 15.5. The Labute approximate surface area is 124 Å². The Bertz CT molecular complexity index is 499. The lowest BCUT2D eigenvalue weighted by Gasteiger charge is -2.27. The molecule has 0 spiro atoms. The van der Waals surface area contributed by atoms with Crippen LogP contribution in [0.25, 0.3) is 0 Å². The molecule has 1 atom stereocenters. The number of hydrogen-bond acceptors (Lipinski definition) is 5. The number of likely N-dealkylation sites (N-methyl/N-ethyl adjacent to an activating group) is 1. The molecular formula is C15H21NO5. The Morgan fingerprint density at radius 2 is 2.19 bits per heavy atom. The lowest BCUT2D eigenvalue weighted by Crippen LogP contribution is -2.50. The summed E-state index contributed by atoms with van der Waals surface area (Å²) in [5, 5.41) is 12.2. The molecular weight excluding hydrogens is 274 g/mol. The van der Waals surface area contributed by atoms with Gasteiger partial charge in [-0.2, -0.15) is 0 Å². The molecule has 0 bridgehead atoms. The number of aliphatic carboxylic acids is 1. The number of fused-ring (bicyclic) bond motifs is 1. The largest absolute Gasteiger partial charge is 0.493 e. The number of nitrogens with one attached hydrogen (secondary N) is 1. The Kier molecular flexibility index (Phi) is 4.90. The van der Waals surface area contributed by atoms with Gasteiger partial charge in [0.25, 0.3) is 0 Å². The average Bonchev–Trinajstić information content (AvgIpc) is 2.95. The first-order valence-electron chi connectivity index (χ1n) is 7.06. The van der Waals surface area contributed by atoms with Crippen molar-refractivity contribution in [2.24, 2.45) is 0 Å². The van der Waals surface area contributed by atoms with Crippen LogP contribution in [-0.2, 0) is 4.79 Å². The fraction of sp³-hybridized carbons (Fsp3) is 0.533. The summed E-state index contributed by atoms with van der Waals surface area (Å²) in [6.07, 6.45) is 1.69.